The molecule has 0 unspecified atom stereocenters. The molecule has 0 radical (unpaired) electrons. The van der Waals surface area contributed by atoms with Crippen molar-refractivity contribution in [3.63, 3.8) is 0 Å². The predicted octanol–water partition coefficient (Wildman–Crippen LogP) is 3.51. The Kier molecular flexibility index (Phi) is 9.01. The number of rotatable bonds is 12. The second-order valence-corrected chi connectivity index (χ2v) is 9.79. The van der Waals surface area contributed by atoms with E-state index in [0.717, 1.165) is 41.7 Å². The van der Waals surface area contributed by atoms with Gasteiger partial charge in [0.25, 0.3) is 5.91 Å². The van der Waals surface area contributed by atoms with E-state index in [1.807, 2.05) is 12.1 Å². The Bertz CT molecular complexity index is 713. The summed E-state index contributed by atoms with van der Waals surface area (Å²) in [5.41, 5.74) is -0.211. The molecule has 0 bridgehead atoms. The molecule has 1 saturated carbocycles. The van der Waals surface area contributed by atoms with E-state index >= 15 is 0 Å². The number of ether oxygens (including phenoxy) is 4. The molecule has 7 nitrogen and oxygen atoms in total. The predicted molar refractivity (Wildman–Crippen MR) is 121 cm³/mol. The first kappa shape index (κ1) is 24.3. The van der Waals surface area contributed by atoms with Gasteiger partial charge in [0.2, 0.25) is 0 Å². The van der Waals surface area contributed by atoms with Crippen molar-refractivity contribution in [1.29, 1.82) is 0 Å². The van der Waals surface area contributed by atoms with Crippen LogP contribution in [0.25, 0.3) is 0 Å². The number of methoxy groups -OCH3 is 2. The van der Waals surface area contributed by atoms with Crippen molar-refractivity contribution >= 4 is 17.7 Å². The Morgan fingerprint density at radius 2 is 2.00 bits per heavy atom. The maximum atomic E-state index is 13.2. The van der Waals surface area contributed by atoms with Crippen LogP contribution in [-0.4, -0.2) is 72.8 Å². The molecular formula is C23H36N2O5S. The summed E-state index contributed by atoms with van der Waals surface area (Å²) in [6, 6.07) is 3.74. The number of nitrogens with zero attached hydrogens (tertiary/aromatic N) is 2. The highest BCUT2D eigenvalue weighted by Gasteiger charge is 2.61. The van der Waals surface area contributed by atoms with E-state index in [4.69, 9.17) is 18.9 Å². The van der Waals surface area contributed by atoms with Crippen molar-refractivity contribution in [1.82, 2.24) is 9.88 Å². The van der Waals surface area contributed by atoms with Crippen LogP contribution in [0, 0.1) is 5.92 Å². The Morgan fingerprint density at radius 1 is 1.23 bits per heavy atom. The van der Waals surface area contributed by atoms with Crippen LogP contribution >= 0.6 is 11.8 Å². The van der Waals surface area contributed by atoms with Crippen molar-refractivity contribution in [3.8, 4) is 5.75 Å². The zero-order chi connectivity index (χ0) is 22.3. The van der Waals surface area contributed by atoms with Gasteiger partial charge in [-0.25, -0.2) is 0 Å². The average molecular weight is 453 g/mol. The van der Waals surface area contributed by atoms with Gasteiger partial charge in [-0.1, -0.05) is 13.8 Å². The highest BCUT2D eigenvalue weighted by molar-refractivity contribution is 7.99. The molecule has 2 fully saturated rings. The standard InChI is InChI=1S/C23H36N2O5S/c1-5-31-14-21-23(29-16-28-4,22(26)25(21)15-27-3)13-18-12-20(10-11-24-18)30-19-8-6-17(2)7-9-19/h10-12,17,19,21H,5-9,13-16H2,1-4H3/t17?,19?,21-,23-/m0/s1. The lowest BCUT2D eigenvalue weighted by molar-refractivity contribution is -0.229. The fourth-order valence-electron chi connectivity index (χ4n) is 4.46. The molecule has 8 heteroatoms. The molecule has 174 valence electrons. The summed E-state index contributed by atoms with van der Waals surface area (Å²) in [5, 5.41) is 0. The van der Waals surface area contributed by atoms with Crippen LogP contribution in [0.5, 0.6) is 5.75 Å². The first-order chi connectivity index (χ1) is 15.0. The molecule has 1 aromatic rings. The van der Waals surface area contributed by atoms with Crippen LogP contribution in [0.1, 0.15) is 45.2 Å². The lowest BCUT2D eigenvalue weighted by Crippen LogP contribution is -2.77. The van der Waals surface area contributed by atoms with Gasteiger partial charge in [-0.15, -0.1) is 0 Å². The summed E-state index contributed by atoms with van der Waals surface area (Å²) >= 11 is 1.78. The van der Waals surface area contributed by atoms with E-state index in [0.29, 0.717) is 6.42 Å². The Labute approximate surface area is 190 Å². The van der Waals surface area contributed by atoms with Crippen molar-refractivity contribution in [2.24, 2.45) is 5.92 Å². The molecule has 3 rings (SSSR count). The average Bonchev–Trinajstić information content (AvgIpc) is 2.78. The summed E-state index contributed by atoms with van der Waals surface area (Å²) < 4.78 is 22.7. The molecule has 1 aliphatic heterocycles. The quantitative estimate of drug-likeness (QED) is 0.355. The number of amides is 1. The summed E-state index contributed by atoms with van der Waals surface area (Å²) in [6.07, 6.45) is 6.96. The van der Waals surface area contributed by atoms with Crippen molar-refractivity contribution < 1.29 is 23.7 Å². The lowest BCUT2D eigenvalue weighted by atomic mass is 9.79. The van der Waals surface area contributed by atoms with Crippen LogP contribution in [-0.2, 0) is 25.4 Å². The fraction of sp³-hybridized carbons (Fsp3) is 0.739. The minimum absolute atomic E-state index is 0.0519. The third-order valence-corrected chi connectivity index (χ3v) is 7.18. The molecule has 1 aliphatic carbocycles. The minimum atomic E-state index is -0.997. The zero-order valence-electron chi connectivity index (χ0n) is 19.2. The minimum Gasteiger partial charge on any atom is -0.490 e. The molecule has 2 atom stereocenters. The Hall–Kier alpha value is -1.35. The van der Waals surface area contributed by atoms with Crippen molar-refractivity contribution in [3.05, 3.63) is 24.0 Å². The smallest absolute Gasteiger partial charge is 0.259 e. The number of pyridine rings is 1. The van der Waals surface area contributed by atoms with Gasteiger partial charge in [0.15, 0.2) is 5.60 Å². The van der Waals surface area contributed by atoms with Crippen molar-refractivity contribution in [2.45, 2.75) is 63.7 Å². The zero-order valence-corrected chi connectivity index (χ0v) is 20.0. The number of hydrogen-bond donors (Lipinski definition) is 0. The summed E-state index contributed by atoms with van der Waals surface area (Å²) in [6.45, 7) is 4.71. The summed E-state index contributed by atoms with van der Waals surface area (Å²) in [7, 11) is 3.17. The number of aromatic nitrogens is 1. The molecule has 1 saturated heterocycles. The molecule has 31 heavy (non-hydrogen) atoms. The van der Waals surface area contributed by atoms with E-state index in [1.165, 1.54) is 12.8 Å². The molecule has 2 heterocycles. The number of carbonyl (C=O) groups is 1. The van der Waals surface area contributed by atoms with Gasteiger partial charge in [0.1, 0.15) is 19.3 Å². The van der Waals surface area contributed by atoms with E-state index < -0.39 is 5.60 Å². The molecule has 0 spiro atoms. The third kappa shape index (κ3) is 5.72. The number of thioether (sulfide) groups is 1. The van der Waals surface area contributed by atoms with Gasteiger partial charge in [0, 0.05) is 44.4 Å². The van der Waals surface area contributed by atoms with E-state index in [9.17, 15) is 4.79 Å². The first-order valence-electron chi connectivity index (χ1n) is 11.2. The second-order valence-electron chi connectivity index (χ2n) is 8.47. The summed E-state index contributed by atoms with van der Waals surface area (Å²) in [4.78, 5) is 19.5. The molecule has 1 amide bonds. The van der Waals surface area contributed by atoms with E-state index in [2.05, 4.69) is 18.8 Å². The second kappa shape index (κ2) is 11.5. The highest BCUT2D eigenvalue weighted by Crippen LogP contribution is 2.39. The Morgan fingerprint density at radius 3 is 2.68 bits per heavy atom. The number of β-lactam (4-membered cyclic amide) rings is 1. The van der Waals surface area contributed by atoms with Crippen molar-refractivity contribution in [2.75, 3.05) is 39.2 Å². The summed E-state index contributed by atoms with van der Waals surface area (Å²) in [5.74, 6) is 3.25. The lowest BCUT2D eigenvalue weighted by Gasteiger charge is -2.54. The molecular weight excluding hydrogens is 416 g/mol. The highest BCUT2D eigenvalue weighted by atomic mass is 32.2. The Balaban J connectivity index is 1.76. The van der Waals surface area contributed by atoms with Gasteiger partial charge in [0.05, 0.1) is 12.1 Å². The van der Waals surface area contributed by atoms with E-state index in [-0.39, 0.29) is 31.6 Å². The fourth-order valence-corrected chi connectivity index (χ4v) is 5.36. The number of carbonyl (C=O) groups excluding carboxylic acids is 1. The molecule has 1 aromatic heterocycles. The maximum absolute atomic E-state index is 13.2. The van der Waals surface area contributed by atoms with Crippen LogP contribution in [0.2, 0.25) is 0 Å². The third-order valence-electron chi connectivity index (χ3n) is 6.22. The van der Waals surface area contributed by atoms with Gasteiger partial charge < -0.3 is 23.8 Å². The SMILES string of the molecule is CCSC[C@@H]1N(COC)C(=O)[C@@]1(Cc1cc(OC2CCC(C)CC2)ccn1)OCOC. The van der Waals surface area contributed by atoms with E-state index in [1.54, 1.807) is 37.1 Å². The molecule has 0 aromatic carbocycles. The monoisotopic (exact) mass is 452 g/mol. The van der Waals surface area contributed by atoms with Gasteiger partial charge in [-0.2, -0.15) is 11.8 Å². The van der Waals surface area contributed by atoms with Crippen LogP contribution < -0.4 is 4.74 Å². The molecule has 2 aliphatic rings. The van der Waals surface area contributed by atoms with Crippen LogP contribution in [0.15, 0.2) is 18.3 Å². The first-order valence-corrected chi connectivity index (χ1v) is 12.3. The molecule has 0 N–H and O–H groups in total. The normalized spacial score (nSPS) is 28.5. The van der Waals surface area contributed by atoms with Crippen LogP contribution in [0.3, 0.4) is 0 Å². The maximum Gasteiger partial charge on any atom is 0.259 e. The van der Waals surface area contributed by atoms with Crippen LogP contribution in [0.4, 0.5) is 0 Å². The van der Waals surface area contributed by atoms with Gasteiger partial charge in [-0.05, 0) is 43.4 Å². The largest absolute Gasteiger partial charge is 0.490 e. The number of hydrogen-bond acceptors (Lipinski definition) is 7. The van der Waals surface area contributed by atoms with Gasteiger partial charge in [-0.3, -0.25) is 9.78 Å². The number of likely N-dealkylation sites (tertiary alicyclic amines) is 1. The van der Waals surface area contributed by atoms with Gasteiger partial charge >= 0.3 is 0 Å². The topological polar surface area (TPSA) is 70.1 Å².